The number of rotatable bonds is 9. The van der Waals surface area contributed by atoms with Crippen molar-refractivity contribution in [3.8, 4) is 0 Å². The molecule has 218 valence electrons. The van der Waals surface area contributed by atoms with Gasteiger partial charge in [-0.1, -0.05) is 0 Å². The van der Waals surface area contributed by atoms with Crippen LogP contribution in [0.2, 0.25) is 0 Å². The van der Waals surface area contributed by atoms with E-state index in [-0.39, 0.29) is 32.1 Å². The number of carboxylic acids is 3. The van der Waals surface area contributed by atoms with Crippen molar-refractivity contribution in [3.63, 3.8) is 0 Å². The predicted molar refractivity (Wildman–Crippen MR) is 140 cm³/mol. The van der Waals surface area contributed by atoms with E-state index in [0.717, 1.165) is 0 Å². The number of hydrogen-bond donors (Lipinski definition) is 4. The lowest BCUT2D eigenvalue weighted by atomic mass is 10.1. The van der Waals surface area contributed by atoms with Gasteiger partial charge >= 0.3 is 17.9 Å². The second-order valence-corrected chi connectivity index (χ2v) is 10.7. The van der Waals surface area contributed by atoms with Gasteiger partial charge in [0.1, 0.15) is 0 Å². The summed E-state index contributed by atoms with van der Waals surface area (Å²) in [5.41, 5.74) is 0.199. The van der Waals surface area contributed by atoms with E-state index in [0.29, 0.717) is 68.3 Å². The number of aliphatic carboxylic acids is 3. The molecule has 0 atom stereocenters. The molecule has 1 aliphatic rings. The number of aromatic nitrogens is 1. The first-order valence-corrected chi connectivity index (χ1v) is 12.8. The predicted octanol–water partition coefficient (Wildman–Crippen LogP) is -1.18. The van der Waals surface area contributed by atoms with Gasteiger partial charge < -0.3 is 25.8 Å². The Morgan fingerprint density at radius 2 is 1.18 bits per heavy atom. The molecule has 1 aromatic heterocycles. The SMILES string of the molecule is CC(C)(C)NC(=O)c1cc[n+]([O-])c(CN2CCN(CC(=O)O)CCN(CC(=O)O)CCN(CC(=O)O)CC2)c1. The maximum Gasteiger partial charge on any atom is 0.317 e. The highest BCUT2D eigenvalue weighted by molar-refractivity contribution is 5.94. The van der Waals surface area contributed by atoms with Gasteiger partial charge in [-0.05, 0) is 20.8 Å². The quantitative estimate of drug-likeness (QED) is 0.213. The summed E-state index contributed by atoms with van der Waals surface area (Å²) in [7, 11) is 0. The molecule has 14 nitrogen and oxygen atoms in total. The molecule has 0 radical (unpaired) electrons. The summed E-state index contributed by atoms with van der Waals surface area (Å²) in [6.07, 6.45) is 1.27. The second-order valence-electron chi connectivity index (χ2n) is 10.7. The number of carboxylic acid groups (broad SMARTS) is 3. The Morgan fingerprint density at radius 3 is 1.54 bits per heavy atom. The van der Waals surface area contributed by atoms with E-state index >= 15 is 0 Å². The van der Waals surface area contributed by atoms with Crippen LogP contribution < -0.4 is 10.0 Å². The van der Waals surface area contributed by atoms with Gasteiger partial charge in [-0.2, -0.15) is 4.73 Å². The van der Waals surface area contributed by atoms with Crippen LogP contribution in [0.3, 0.4) is 0 Å². The minimum Gasteiger partial charge on any atom is -0.618 e. The van der Waals surface area contributed by atoms with Crippen LogP contribution in [-0.2, 0) is 20.9 Å². The molecule has 2 rings (SSSR count). The van der Waals surface area contributed by atoms with E-state index < -0.39 is 23.4 Å². The minimum atomic E-state index is -1.02. The molecule has 0 aliphatic carbocycles. The third-order valence-electron chi connectivity index (χ3n) is 6.14. The zero-order valence-electron chi connectivity index (χ0n) is 22.8. The molecule has 0 unspecified atom stereocenters. The maximum absolute atomic E-state index is 12.7. The largest absolute Gasteiger partial charge is 0.618 e. The Balaban J connectivity index is 2.27. The standard InChI is InChI=1S/C25H40N6O8/c1-25(2,3)26-24(38)19-4-5-31(39)20(14-19)15-27-6-8-28(16-21(32)33)10-12-30(18-23(36)37)13-11-29(9-7-27)17-22(34)35/h4-5,14H,6-13,15-18H2,1-3H3,(H,26,38)(H,32,33)(H,34,35)(H,36,37). The van der Waals surface area contributed by atoms with E-state index in [1.165, 1.54) is 18.3 Å². The number of nitrogens with zero attached hydrogens (tertiary/aromatic N) is 5. The fraction of sp³-hybridized carbons (Fsp3) is 0.640. The minimum absolute atomic E-state index is 0.160. The summed E-state index contributed by atoms with van der Waals surface area (Å²) in [6.45, 7) is 7.60. The molecule has 1 aromatic rings. The van der Waals surface area contributed by atoms with Crippen molar-refractivity contribution < 1.29 is 39.2 Å². The summed E-state index contributed by atoms with van der Waals surface area (Å²) in [5.74, 6) is -3.36. The van der Waals surface area contributed by atoms with Gasteiger partial charge in [-0.25, -0.2) is 0 Å². The van der Waals surface area contributed by atoms with E-state index in [1.54, 1.807) is 14.7 Å². The van der Waals surface area contributed by atoms with Gasteiger partial charge in [0.15, 0.2) is 6.20 Å². The number of carbonyl (C=O) groups is 4. The van der Waals surface area contributed by atoms with Crippen LogP contribution in [0.1, 0.15) is 36.8 Å². The summed E-state index contributed by atoms with van der Waals surface area (Å²) < 4.78 is 0.678. The fourth-order valence-corrected chi connectivity index (χ4v) is 4.22. The van der Waals surface area contributed by atoms with Gasteiger partial charge in [0, 0.05) is 70.0 Å². The summed E-state index contributed by atoms with van der Waals surface area (Å²) in [6, 6.07) is 2.97. The molecule has 2 heterocycles. The lowest BCUT2D eigenvalue weighted by molar-refractivity contribution is -0.615. The number of pyridine rings is 1. The van der Waals surface area contributed by atoms with Crippen LogP contribution in [0.5, 0.6) is 0 Å². The maximum atomic E-state index is 12.7. The van der Waals surface area contributed by atoms with Crippen molar-refractivity contribution in [2.24, 2.45) is 0 Å². The number of hydrogen-bond acceptors (Lipinski definition) is 9. The van der Waals surface area contributed by atoms with Crippen LogP contribution in [-0.4, -0.2) is 136 Å². The highest BCUT2D eigenvalue weighted by atomic mass is 16.5. The average molecular weight is 553 g/mol. The molecule has 14 heteroatoms. The highest BCUT2D eigenvalue weighted by Gasteiger charge is 2.23. The second kappa shape index (κ2) is 14.7. The molecule has 4 N–H and O–H groups in total. The number of carbonyl (C=O) groups excluding carboxylic acids is 1. The van der Waals surface area contributed by atoms with Crippen molar-refractivity contribution in [2.45, 2.75) is 32.9 Å². The van der Waals surface area contributed by atoms with Gasteiger partial charge in [0.25, 0.3) is 5.91 Å². The summed E-state index contributed by atoms with van der Waals surface area (Å²) >= 11 is 0. The zero-order chi connectivity index (χ0) is 29.2. The summed E-state index contributed by atoms with van der Waals surface area (Å²) in [4.78, 5) is 53.9. The molecule has 1 amide bonds. The first-order chi connectivity index (χ1) is 18.2. The van der Waals surface area contributed by atoms with Gasteiger partial charge in [0.05, 0.1) is 31.7 Å². The van der Waals surface area contributed by atoms with Gasteiger partial charge in [-0.3, -0.25) is 38.8 Å². The summed E-state index contributed by atoms with van der Waals surface area (Å²) in [5, 5.41) is 43.5. The van der Waals surface area contributed by atoms with Crippen molar-refractivity contribution in [1.82, 2.24) is 24.9 Å². The molecule has 1 fully saturated rings. The molecule has 1 aliphatic heterocycles. The van der Waals surface area contributed by atoms with E-state index in [2.05, 4.69) is 5.32 Å². The van der Waals surface area contributed by atoms with Crippen molar-refractivity contribution in [3.05, 3.63) is 34.8 Å². The monoisotopic (exact) mass is 552 g/mol. The molecular weight excluding hydrogens is 512 g/mol. The lowest BCUT2D eigenvalue weighted by Crippen LogP contribution is -2.49. The van der Waals surface area contributed by atoms with Crippen molar-refractivity contribution in [2.75, 3.05) is 72.0 Å². The fourth-order valence-electron chi connectivity index (χ4n) is 4.22. The third kappa shape index (κ3) is 12.4. The first-order valence-electron chi connectivity index (χ1n) is 12.8. The Morgan fingerprint density at radius 1 is 0.795 bits per heavy atom. The van der Waals surface area contributed by atoms with Crippen LogP contribution >= 0.6 is 0 Å². The molecule has 1 saturated heterocycles. The van der Waals surface area contributed by atoms with Crippen molar-refractivity contribution in [1.29, 1.82) is 0 Å². The van der Waals surface area contributed by atoms with Crippen LogP contribution in [0.4, 0.5) is 0 Å². The molecule has 0 aromatic carbocycles. The van der Waals surface area contributed by atoms with Crippen LogP contribution in [0.15, 0.2) is 18.3 Å². The Hall–Kier alpha value is -3.33. The molecule has 0 saturated carbocycles. The Kier molecular flexibility index (Phi) is 12.0. The van der Waals surface area contributed by atoms with E-state index in [1.807, 2.05) is 25.7 Å². The van der Waals surface area contributed by atoms with Crippen LogP contribution in [0.25, 0.3) is 0 Å². The zero-order valence-corrected chi connectivity index (χ0v) is 22.8. The van der Waals surface area contributed by atoms with E-state index in [9.17, 15) is 39.7 Å². The smallest absolute Gasteiger partial charge is 0.317 e. The van der Waals surface area contributed by atoms with Crippen molar-refractivity contribution >= 4 is 23.8 Å². The first kappa shape index (κ1) is 31.9. The number of amides is 1. The number of nitrogens with one attached hydrogen (secondary N) is 1. The molecule has 0 spiro atoms. The van der Waals surface area contributed by atoms with Crippen LogP contribution in [0, 0.1) is 5.21 Å². The molecule has 39 heavy (non-hydrogen) atoms. The van der Waals surface area contributed by atoms with Gasteiger partial charge in [0.2, 0.25) is 5.69 Å². The average Bonchev–Trinajstić information content (AvgIpc) is 2.79. The lowest BCUT2D eigenvalue weighted by Gasteiger charge is -2.32. The highest BCUT2D eigenvalue weighted by Crippen LogP contribution is 2.09. The Bertz CT molecular complexity index is 983. The topological polar surface area (TPSA) is 181 Å². The molecular formula is C25H40N6O8. The third-order valence-corrected chi connectivity index (χ3v) is 6.14. The molecule has 0 bridgehead atoms. The van der Waals surface area contributed by atoms with Gasteiger partial charge in [-0.15, -0.1) is 0 Å². The van der Waals surface area contributed by atoms with E-state index in [4.69, 9.17) is 0 Å². The Labute approximate surface area is 228 Å². The normalized spacial score (nSPS) is 17.6.